The number of aliphatic hydroxyl groups excluding tert-OH is 1. The van der Waals surface area contributed by atoms with Crippen molar-refractivity contribution in [2.24, 2.45) is 0 Å². The van der Waals surface area contributed by atoms with Gasteiger partial charge in [0.15, 0.2) is 0 Å². The normalized spacial score (nSPS) is 24.0. The average Bonchev–Trinajstić information content (AvgIpc) is 2.52. The molecule has 0 saturated carbocycles. The third-order valence-electron chi connectivity index (χ3n) is 4.41. The Morgan fingerprint density at radius 2 is 1.83 bits per heavy atom. The first-order chi connectivity index (χ1) is 11.2. The molecule has 1 heterocycles. The summed E-state index contributed by atoms with van der Waals surface area (Å²) in [6.45, 7) is 2.12. The number of benzene rings is 1. The second-order valence-corrected chi connectivity index (χ2v) is 6.20. The summed E-state index contributed by atoms with van der Waals surface area (Å²) >= 11 is 0. The van der Waals surface area contributed by atoms with Crippen molar-refractivity contribution in [2.45, 2.75) is 37.9 Å². The second-order valence-electron chi connectivity index (χ2n) is 6.20. The summed E-state index contributed by atoms with van der Waals surface area (Å²) in [5.41, 5.74) is 0.179. The zero-order valence-electron chi connectivity index (χ0n) is 13.5. The van der Waals surface area contributed by atoms with Gasteiger partial charge in [-0.25, -0.2) is 18.0 Å². The number of piperazine rings is 1. The van der Waals surface area contributed by atoms with E-state index in [1.807, 2.05) is 0 Å². The van der Waals surface area contributed by atoms with Crippen LogP contribution in [0.4, 0.5) is 18.0 Å². The largest absolute Gasteiger partial charge is 0.465 e. The molecule has 0 spiro atoms. The molecule has 1 fully saturated rings. The van der Waals surface area contributed by atoms with E-state index in [0.717, 1.165) is 12.1 Å². The van der Waals surface area contributed by atoms with Crippen LogP contribution in [-0.2, 0) is 0 Å². The summed E-state index contributed by atoms with van der Waals surface area (Å²) in [6, 6.07) is 2.31. The Hall–Kier alpha value is -1.80. The Kier molecular flexibility index (Phi) is 5.39. The SMILES string of the molecule is C[C@@H]1CN(C(=O)O)[C@@H](C)CN1C(c1ccc(F)cc1)C(F)(F)CO. The van der Waals surface area contributed by atoms with E-state index in [1.54, 1.807) is 13.8 Å². The molecule has 2 N–H and O–H groups in total. The monoisotopic (exact) mass is 346 g/mol. The molecule has 0 bridgehead atoms. The van der Waals surface area contributed by atoms with Gasteiger partial charge in [0.05, 0.1) is 0 Å². The van der Waals surface area contributed by atoms with E-state index < -0.39 is 42.6 Å². The summed E-state index contributed by atoms with van der Waals surface area (Å²) in [5.74, 6) is -3.99. The molecule has 24 heavy (non-hydrogen) atoms. The van der Waals surface area contributed by atoms with E-state index in [4.69, 9.17) is 5.11 Å². The van der Waals surface area contributed by atoms with Gasteiger partial charge < -0.3 is 15.1 Å². The number of rotatable bonds is 4. The van der Waals surface area contributed by atoms with Crippen molar-refractivity contribution in [3.8, 4) is 0 Å². The predicted octanol–water partition coefficient (Wildman–Crippen LogP) is 2.57. The van der Waals surface area contributed by atoms with Crippen molar-refractivity contribution in [3.05, 3.63) is 35.6 Å². The van der Waals surface area contributed by atoms with Crippen molar-refractivity contribution in [1.29, 1.82) is 0 Å². The summed E-state index contributed by atoms with van der Waals surface area (Å²) < 4.78 is 42.0. The molecule has 1 unspecified atom stereocenters. The predicted molar refractivity (Wildman–Crippen MR) is 81.5 cm³/mol. The molecule has 134 valence electrons. The fourth-order valence-electron chi connectivity index (χ4n) is 3.19. The topological polar surface area (TPSA) is 64.0 Å². The van der Waals surface area contributed by atoms with Gasteiger partial charge >= 0.3 is 6.09 Å². The van der Waals surface area contributed by atoms with Crippen LogP contribution in [-0.4, -0.2) is 63.8 Å². The number of nitrogens with zero attached hydrogens (tertiary/aromatic N) is 2. The fraction of sp³-hybridized carbons (Fsp3) is 0.562. The van der Waals surface area contributed by atoms with E-state index in [1.165, 1.54) is 21.9 Å². The molecular formula is C16H21F3N2O3. The van der Waals surface area contributed by atoms with E-state index in [0.29, 0.717) is 0 Å². The first-order valence-corrected chi connectivity index (χ1v) is 7.67. The van der Waals surface area contributed by atoms with E-state index in [2.05, 4.69) is 0 Å². The Bertz CT molecular complexity index is 582. The van der Waals surface area contributed by atoms with E-state index >= 15 is 0 Å². The van der Waals surface area contributed by atoms with Crippen LogP contribution in [0.15, 0.2) is 24.3 Å². The summed E-state index contributed by atoms with van der Waals surface area (Å²) in [7, 11) is 0. The van der Waals surface area contributed by atoms with Crippen LogP contribution in [0, 0.1) is 5.82 Å². The first-order valence-electron chi connectivity index (χ1n) is 7.67. The molecule has 1 saturated heterocycles. The molecule has 1 aliphatic heterocycles. The highest BCUT2D eigenvalue weighted by Gasteiger charge is 2.47. The number of aliphatic hydroxyl groups is 1. The van der Waals surface area contributed by atoms with Crippen LogP contribution in [0.25, 0.3) is 0 Å². The van der Waals surface area contributed by atoms with Crippen LogP contribution in [0.2, 0.25) is 0 Å². The van der Waals surface area contributed by atoms with Crippen molar-refractivity contribution in [1.82, 2.24) is 9.80 Å². The Morgan fingerprint density at radius 1 is 1.25 bits per heavy atom. The van der Waals surface area contributed by atoms with Gasteiger partial charge in [0, 0.05) is 25.2 Å². The third kappa shape index (κ3) is 3.64. The molecule has 1 aliphatic rings. The van der Waals surface area contributed by atoms with Crippen molar-refractivity contribution < 1.29 is 28.2 Å². The van der Waals surface area contributed by atoms with Crippen LogP contribution in [0.5, 0.6) is 0 Å². The lowest BCUT2D eigenvalue weighted by molar-refractivity contribution is -0.136. The van der Waals surface area contributed by atoms with Gasteiger partial charge in [-0.05, 0) is 31.5 Å². The van der Waals surface area contributed by atoms with Crippen molar-refractivity contribution in [3.63, 3.8) is 0 Å². The van der Waals surface area contributed by atoms with Crippen molar-refractivity contribution >= 4 is 6.09 Å². The molecule has 2 rings (SSSR count). The highest BCUT2D eigenvalue weighted by atomic mass is 19.3. The first kappa shape index (κ1) is 18.5. The highest BCUT2D eigenvalue weighted by molar-refractivity contribution is 5.65. The number of amides is 1. The maximum absolute atomic E-state index is 14.4. The lowest BCUT2D eigenvalue weighted by Crippen LogP contribution is -2.60. The highest BCUT2D eigenvalue weighted by Crippen LogP contribution is 2.39. The number of carbonyl (C=O) groups is 1. The van der Waals surface area contributed by atoms with Crippen LogP contribution in [0.3, 0.4) is 0 Å². The smallest absolute Gasteiger partial charge is 0.407 e. The van der Waals surface area contributed by atoms with Crippen molar-refractivity contribution in [2.75, 3.05) is 19.7 Å². The fourth-order valence-corrected chi connectivity index (χ4v) is 3.19. The molecule has 1 aromatic carbocycles. The van der Waals surface area contributed by atoms with Gasteiger partial charge in [-0.2, -0.15) is 0 Å². The summed E-state index contributed by atoms with van der Waals surface area (Å²) in [5, 5.41) is 18.3. The van der Waals surface area contributed by atoms with Crippen LogP contribution < -0.4 is 0 Å². The Labute approximate surface area is 138 Å². The summed E-state index contributed by atoms with van der Waals surface area (Å²) in [6.07, 6.45) is -1.10. The lowest BCUT2D eigenvalue weighted by atomic mass is 9.95. The third-order valence-corrected chi connectivity index (χ3v) is 4.41. The molecular weight excluding hydrogens is 325 g/mol. The molecule has 0 aliphatic carbocycles. The minimum Gasteiger partial charge on any atom is -0.465 e. The average molecular weight is 346 g/mol. The molecule has 5 nitrogen and oxygen atoms in total. The summed E-state index contributed by atoms with van der Waals surface area (Å²) in [4.78, 5) is 13.9. The standard InChI is InChI=1S/C16H21F3N2O3/c1-10-8-21(15(23)24)11(2)7-20(10)14(16(18,19)9-22)12-3-5-13(17)6-4-12/h3-6,10-11,14,22H,7-9H2,1-2H3,(H,23,24)/t10-,11+,14?/m1/s1. The zero-order valence-corrected chi connectivity index (χ0v) is 13.5. The number of halogens is 3. The maximum Gasteiger partial charge on any atom is 0.407 e. The minimum atomic E-state index is -3.45. The Balaban J connectivity index is 2.37. The van der Waals surface area contributed by atoms with Crippen LogP contribution in [0.1, 0.15) is 25.5 Å². The quantitative estimate of drug-likeness (QED) is 0.880. The number of hydrogen-bond acceptors (Lipinski definition) is 3. The minimum absolute atomic E-state index is 0.0791. The molecule has 0 radical (unpaired) electrons. The van der Waals surface area contributed by atoms with E-state index in [-0.39, 0.29) is 18.7 Å². The molecule has 1 amide bonds. The number of alkyl halides is 2. The lowest BCUT2D eigenvalue weighted by Gasteiger charge is -2.47. The van der Waals surface area contributed by atoms with Gasteiger partial charge in [-0.3, -0.25) is 4.90 Å². The van der Waals surface area contributed by atoms with Gasteiger partial charge in [-0.1, -0.05) is 12.1 Å². The zero-order chi connectivity index (χ0) is 18.1. The number of carboxylic acid groups (broad SMARTS) is 1. The van der Waals surface area contributed by atoms with Gasteiger partial charge in [0.25, 0.3) is 5.92 Å². The number of hydrogen-bond donors (Lipinski definition) is 2. The molecule has 1 aromatic rings. The van der Waals surface area contributed by atoms with Gasteiger partial charge in [-0.15, -0.1) is 0 Å². The van der Waals surface area contributed by atoms with Gasteiger partial charge in [0.1, 0.15) is 18.5 Å². The molecule has 3 atom stereocenters. The second kappa shape index (κ2) is 6.98. The molecule has 0 aromatic heterocycles. The van der Waals surface area contributed by atoms with Crippen LogP contribution >= 0.6 is 0 Å². The Morgan fingerprint density at radius 3 is 2.33 bits per heavy atom. The van der Waals surface area contributed by atoms with Gasteiger partial charge in [0.2, 0.25) is 0 Å². The maximum atomic E-state index is 14.4. The van der Waals surface area contributed by atoms with E-state index in [9.17, 15) is 23.1 Å². The molecule has 8 heteroatoms.